The Balaban J connectivity index is 1.64. The van der Waals surface area contributed by atoms with E-state index in [0.29, 0.717) is 18.9 Å². The second-order valence-electron chi connectivity index (χ2n) is 4.95. The van der Waals surface area contributed by atoms with Crippen LogP contribution in [0.2, 0.25) is 0 Å². The third kappa shape index (κ3) is 3.84. The van der Waals surface area contributed by atoms with Gasteiger partial charge < -0.3 is 10.6 Å². The Kier molecular flexibility index (Phi) is 4.75. The van der Waals surface area contributed by atoms with E-state index in [2.05, 4.69) is 15.7 Å². The van der Waals surface area contributed by atoms with Gasteiger partial charge >= 0.3 is 0 Å². The molecule has 0 unspecified atom stereocenters. The lowest BCUT2D eigenvalue weighted by Gasteiger charge is -2.22. The normalized spacial score (nSPS) is 16.7. The van der Waals surface area contributed by atoms with E-state index in [1.54, 1.807) is 10.9 Å². The van der Waals surface area contributed by atoms with Crippen LogP contribution in [-0.4, -0.2) is 28.8 Å². The molecule has 18 heavy (non-hydrogen) atoms. The average molecular weight is 250 g/mol. The number of hydrogen-bond donors (Lipinski definition) is 2. The Morgan fingerprint density at radius 3 is 3.00 bits per heavy atom. The van der Waals surface area contributed by atoms with Crippen LogP contribution in [0, 0.1) is 5.92 Å². The number of nitrogens with one attached hydrogen (secondary N) is 2. The van der Waals surface area contributed by atoms with Gasteiger partial charge in [-0.1, -0.05) is 0 Å². The van der Waals surface area contributed by atoms with Crippen molar-refractivity contribution in [3.63, 3.8) is 0 Å². The van der Waals surface area contributed by atoms with Crippen LogP contribution in [0.25, 0.3) is 0 Å². The van der Waals surface area contributed by atoms with Crippen molar-refractivity contribution in [1.29, 1.82) is 0 Å². The van der Waals surface area contributed by atoms with E-state index in [0.717, 1.165) is 25.2 Å². The van der Waals surface area contributed by atoms with Gasteiger partial charge in [-0.2, -0.15) is 5.10 Å². The van der Waals surface area contributed by atoms with Crippen molar-refractivity contribution < 1.29 is 4.79 Å². The summed E-state index contributed by atoms with van der Waals surface area (Å²) in [6, 6.07) is 1.92. The number of amides is 1. The zero-order valence-corrected chi connectivity index (χ0v) is 11.0. The van der Waals surface area contributed by atoms with Crippen LogP contribution in [-0.2, 0) is 18.4 Å². The zero-order valence-electron chi connectivity index (χ0n) is 11.0. The smallest absolute Gasteiger partial charge is 0.220 e. The summed E-state index contributed by atoms with van der Waals surface area (Å²) in [4.78, 5) is 11.7. The number of aryl methyl sites for hydroxylation is 1. The lowest BCUT2D eigenvalue weighted by Crippen LogP contribution is -2.29. The van der Waals surface area contributed by atoms with Gasteiger partial charge in [-0.3, -0.25) is 9.48 Å². The molecule has 2 rings (SSSR count). The van der Waals surface area contributed by atoms with Gasteiger partial charge in [0.15, 0.2) is 0 Å². The van der Waals surface area contributed by atoms with Crippen molar-refractivity contribution >= 4 is 5.91 Å². The highest BCUT2D eigenvalue weighted by Gasteiger charge is 2.14. The monoisotopic (exact) mass is 250 g/mol. The lowest BCUT2D eigenvalue weighted by molar-refractivity contribution is -0.121. The molecule has 0 saturated carbocycles. The van der Waals surface area contributed by atoms with Crippen molar-refractivity contribution in [3.8, 4) is 0 Å². The first kappa shape index (κ1) is 13.1. The molecule has 1 aliphatic heterocycles. The van der Waals surface area contributed by atoms with Gasteiger partial charge in [0.2, 0.25) is 5.91 Å². The van der Waals surface area contributed by atoms with Gasteiger partial charge in [0.25, 0.3) is 0 Å². The van der Waals surface area contributed by atoms with E-state index in [4.69, 9.17) is 0 Å². The molecule has 100 valence electrons. The minimum absolute atomic E-state index is 0.148. The van der Waals surface area contributed by atoms with Crippen LogP contribution in [0.3, 0.4) is 0 Å². The molecular weight excluding hydrogens is 228 g/mol. The van der Waals surface area contributed by atoms with Crippen LogP contribution < -0.4 is 10.6 Å². The highest BCUT2D eigenvalue weighted by Crippen LogP contribution is 2.17. The number of hydrogen-bond acceptors (Lipinski definition) is 3. The van der Waals surface area contributed by atoms with Gasteiger partial charge in [-0.25, -0.2) is 0 Å². The van der Waals surface area contributed by atoms with Crippen LogP contribution in [0.15, 0.2) is 12.3 Å². The summed E-state index contributed by atoms with van der Waals surface area (Å²) in [6.07, 6.45) is 5.81. The fourth-order valence-electron chi connectivity index (χ4n) is 2.36. The Labute approximate surface area is 108 Å². The number of carbonyl (C=O) groups excluding carboxylic acids is 1. The molecule has 1 amide bonds. The van der Waals surface area contributed by atoms with Gasteiger partial charge in [0.1, 0.15) is 0 Å². The first-order valence-electron chi connectivity index (χ1n) is 6.70. The highest BCUT2D eigenvalue weighted by molar-refractivity contribution is 5.75. The largest absolute Gasteiger partial charge is 0.350 e. The van der Waals surface area contributed by atoms with Crippen molar-refractivity contribution in [3.05, 3.63) is 18.0 Å². The minimum Gasteiger partial charge on any atom is -0.350 e. The Bertz CT molecular complexity index is 382. The van der Waals surface area contributed by atoms with Gasteiger partial charge in [-0.05, 0) is 44.3 Å². The van der Waals surface area contributed by atoms with Crippen molar-refractivity contribution in [2.45, 2.75) is 32.2 Å². The molecule has 1 aliphatic rings. The molecule has 1 fully saturated rings. The lowest BCUT2D eigenvalue weighted by atomic mass is 9.93. The van der Waals surface area contributed by atoms with E-state index in [1.807, 2.05) is 13.1 Å². The number of aromatic nitrogens is 2. The van der Waals surface area contributed by atoms with Gasteiger partial charge in [0.05, 0.1) is 12.2 Å². The minimum atomic E-state index is 0.148. The SMILES string of the molecule is Cn1nccc1CNC(=O)CCC1CCNCC1. The Morgan fingerprint density at radius 2 is 2.33 bits per heavy atom. The summed E-state index contributed by atoms with van der Waals surface area (Å²) in [6.45, 7) is 2.77. The van der Waals surface area contributed by atoms with E-state index in [-0.39, 0.29) is 5.91 Å². The molecule has 1 saturated heterocycles. The van der Waals surface area contributed by atoms with E-state index in [9.17, 15) is 4.79 Å². The molecule has 0 spiro atoms. The fraction of sp³-hybridized carbons (Fsp3) is 0.692. The molecule has 1 aromatic heterocycles. The van der Waals surface area contributed by atoms with Crippen LogP contribution in [0.1, 0.15) is 31.4 Å². The predicted molar refractivity (Wildman–Crippen MR) is 69.9 cm³/mol. The molecule has 0 aliphatic carbocycles. The molecule has 5 heteroatoms. The maximum Gasteiger partial charge on any atom is 0.220 e. The summed E-state index contributed by atoms with van der Waals surface area (Å²) in [7, 11) is 1.89. The van der Waals surface area contributed by atoms with Crippen molar-refractivity contribution in [1.82, 2.24) is 20.4 Å². The summed E-state index contributed by atoms with van der Waals surface area (Å²) in [5.41, 5.74) is 1.03. The average Bonchev–Trinajstić information content (AvgIpc) is 2.81. The van der Waals surface area contributed by atoms with Crippen LogP contribution in [0.5, 0.6) is 0 Å². The van der Waals surface area contributed by atoms with E-state index in [1.165, 1.54) is 12.8 Å². The molecule has 1 aromatic rings. The third-order valence-corrected chi connectivity index (χ3v) is 3.63. The van der Waals surface area contributed by atoms with Crippen molar-refractivity contribution in [2.75, 3.05) is 13.1 Å². The molecule has 5 nitrogen and oxygen atoms in total. The molecule has 0 radical (unpaired) electrons. The maximum atomic E-state index is 11.7. The molecule has 0 aromatic carbocycles. The first-order chi connectivity index (χ1) is 8.75. The number of nitrogens with zero attached hydrogens (tertiary/aromatic N) is 2. The van der Waals surface area contributed by atoms with E-state index < -0.39 is 0 Å². The van der Waals surface area contributed by atoms with Gasteiger partial charge in [-0.15, -0.1) is 0 Å². The molecular formula is C13H22N4O. The number of rotatable bonds is 5. The van der Waals surface area contributed by atoms with E-state index >= 15 is 0 Å². The molecule has 2 heterocycles. The molecule has 2 N–H and O–H groups in total. The topological polar surface area (TPSA) is 59.0 Å². The summed E-state index contributed by atoms with van der Waals surface area (Å²) >= 11 is 0. The van der Waals surface area contributed by atoms with Crippen LogP contribution >= 0.6 is 0 Å². The summed E-state index contributed by atoms with van der Waals surface area (Å²) in [5, 5.41) is 10.4. The third-order valence-electron chi connectivity index (χ3n) is 3.63. The predicted octanol–water partition coefficient (Wildman–Crippen LogP) is 0.816. The molecule has 0 atom stereocenters. The Hall–Kier alpha value is -1.36. The summed E-state index contributed by atoms with van der Waals surface area (Å²) < 4.78 is 1.78. The van der Waals surface area contributed by atoms with Gasteiger partial charge in [0, 0.05) is 19.7 Å². The highest BCUT2D eigenvalue weighted by atomic mass is 16.1. The standard InChI is InChI=1S/C13H22N4O/c1-17-12(6-9-16-17)10-15-13(18)3-2-11-4-7-14-8-5-11/h6,9,11,14H,2-5,7-8,10H2,1H3,(H,15,18). The first-order valence-corrected chi connectivity index (χ1v) is 6.70. The van der Waals surface area contributed by atoms with Crippen LogP contribution in [0.4, 0.5) is 0 Å². The second kappa shape index (κ2) is 6.54. The maximum absolute atomic E-state index is 11.7. The number of carbonyl (C=O) groups is 1. The second-order valence-corrected chi connectivity index (χ2v) is 4.95. The molecule has 0 bridgehead atoms. The number of piperidine rings is 1. The van der Waals surface area contributed by atoms with Crippen molar-refractivity contribution in [2.24, 2.45) is 13.0 Å². The summed E-state index contributed by atoms with van der Waals surface area (Å²) in [5.74, 6) is 0.864. The Morgan fingerprint density at radius 1 is 1.56 bits per heavy atom. The zero-order chi connectivity index (χ0) is 12.8. The fourth-order valence-corrected chi connectivity index (χ4v) is 2.36. The quantitative estimate of drug-likeness (QED) is 0.813.